The van der Waals surface area contributed by atoms with Gasteiger partial charge in [0.25, 0.3) is 0 Å². The van der Waals surface area contributed by atoms with Crippen molar-refractivity contribution >= 4 is 18.3 Å². The van der Waals surface area contributed by atoms with Gasteiger partial charge in [0.15, 0.2) is 0 Å². The van der Waals surface area contributed by atoms with Gasteiger partial charge in [0.05, 0.1) is 12.6 Å². The van der Waals surface area contributed by atoms with E-state index < -0.39 is 0 Å². The number of carbonyl (C=O) groups is 1. The van der Waals surface area contributed by atoms with Crippen molar-refractivity contribution in [2.45, 2.75) is 45.7 Å². The van der Waals surface area contributed by atoms with Gasteiger partial charge in [-0.3, -0.25) is 4.79 Å². The Morgan fingerprint density at radius 3 is 2.55 bits per heavy atom. The van der Waals surface area contributed by atoms with Gasteiger partial charge in [-0.05, 0) is 26.3 Å². The number of hydrogen-bond donors (Lipinski definition) is 2. The molecule has 5 heteroatoms. The van der Waals surface area contributed by atoms with Crippen molar-refractivity contribution in [3.63, 3.8) is 0 Å². The number of rotatable bonds is 7. The maximum Gasteiger partial charge on any atom is 0.222 e. The number of nitrogens with one attached hydrogen (secondary N) is 1. The second kappa shape index (κ2) is 9.61. The SMILES string of the molecule is CCOc1ccccc1C(CC)NC(=O)CC(C)N.Cl. The van der Waals surface area contributed by atoms with Crippen molar-refractivity contribution in [3.05, 3.63) is 29.8 Å². The van der Waals surface area contributed by atoms with Gasteiger partial charge in [0.2, 0.25) is 5.91 Å². The van der Waals surface area contributed by atoms with Crippen LogP contribution in [0, 0.1) is 0 Å². The zero-order valence-corrected chi connectivity index (χ0v) is 13.2. The van der Waals surface area contributed by atoms with Crippen LogP contribution in [0.2, 0.25) is 0 Å². The van der Waals surface area contributed by atoms with Crippen LogP contribution >= 0.6 is 12.4 Å². The molecule has 2 unspecified atom stereocenters. The molecule has 0 aliphatic rings. The van der Waals surface area contributed by atoms with Crippen LogP contribution in [0.3, 0.4) is 0 Å². The number of nitrogens with two attached hydrogens (primary N) is 1. The Balaban J connectivity index is 0.00000361. The summed E-state index contributed by atoms with van der Waals surface area (Å²) < 4.78 is 5.61. The molecule has 0 aliphatic heterocycles. The van der Waals surface area contributed by atoms with Gasteiger partial charge in [0, 0.05) is 18.0 Å². The molecule has 20 heavy (non-hydrogen) atoms. The predicted molar refractivity (Wildman–Crippen MR) is 84.3 cm³/mol. The number of hydrogen-bond acceptors (Lipinski definition) is 3. The van der Waals surface area contributed by atoms with Crippen LogP contribution in [0.5, 0.6) is 5.75 Å². The highest BCUT2D eigenvalue weighted by Crippen LogP contribution is 2.27. The van der Waals surface area contributed by atoms with Crippen LogP contribution in [0.1, 0.15) is 45.2 Å². The maximum absolute atomic E-state index is 11.8. The molecule has 2 atom stereocenters. The average Bonchev–Trinajstić information content (AvgIpc) is 2.36. The monoisotopic (exact) mass is 300 g/mol. The molecule has 0 saturated heterocycles. The summed E-state index contributed by atoms with van der Waals surface area (Å²) in [5, 5.41) is 3.01. The molecule has 1 aromatic rings. The van der Waals surface area contributed by atoms with Crippen LogP contribution in [-0.4, -0.2) is 18.6 Å². The van der Waals surface area contributed by atoms with Gasteiger partial charge >= 0.3 is 0 Å². The van der Waals surface area contributed by atoms with Gasteiger partial charge in [-0.1, -0.05) is 25.1 Å². The summed E-state index contributed by atoms with van der Waals surface area (Å²) in [4.78, 5) is 11.8. The fourth-order valence-corrected chi connectivity index (χ4v) is 2.00. The Bertz CT molecular complexity index is 411. The van der Waals surface area contributed by atoms with E-state index in [9.17, 15) is 4.79 Å². The second-order valence-corrected chi connectivity index (χ2v) is 4.68. The summed E-state index contributed by atoms with van der Waals surface area (Å²) in [5.41, 5.74) is 6.66. The van der Waals surface area contributed by atoms with Gasteiger partial charge in [0.1, 0.15) is 5.75 Å². The van der Waals surface area contributed by atoms with Gasteiger partial charge in [-0.15, -0.1) is 12.4 Å². The van der Waals surface area contributed by atoms with E-state index in [1.807, 2.05) is 45.0 Å². The van der Waals surface area contributed by atoms with Crippen LogP contribution in [0.15, 0.2) is 24.3 Å². The highest BCUT2D eigenvalue weighted by atomic mass is 35.5. The minimum absolute atomic E-state index is 0. The maximum atomic E-state index is 11.8. The van der Waals surface area contributed by atoms with E-state index in [2.05, 4.69) is 5.32 Å². The fourth-order valence-electron chi connectivity index (χ4n) is 2.00. The molecule has 0 bridgehead atoms. The first kappa shape index (κ1) is 18.7. The lowest BCUT2D eigenvalue weighted by Crippen LogP contribution is -2.32. The molecule has 1 amide bonds. The Kier molecular flexibility index (Phi) is 9.01. The second-order valence-electron chi connectivity index (χ2n) is 4.68. The number of carbonyl (C=O) groups excluding carboxylic acids is 1. The minimum atomic E-state index is -0.125. The highest BCUT2D eigenvalue weighted by molar-refractivity contribution is 5.85. The summed E-state index contributed by atoms with van der Waals surface area (Å²) in [6, 6.07) is 7.65. The van der Waals surface area contributed by atoms with Crippen molar-refractivity contribution < 1.29 is 9.53 Å². The van der Waals surface area contributed by atoms with Crippen LogP contribution in [-0.2, 0) is 4.79 Å². The molecule has 0 aromatic heterocycles. The lowest BCUT2D eigenvalue weighted by atomic mass is 10.0. The summed E-state index contributed by atoms with van der Waals surface area (Å²) in [7, 11) is 0. The molecule has 114 valence electrons. The molecular weight excluding hydrogens is 276 g/mol. The lowest BCUT2D eigenvalue weighted by molar-refractivity contribution is -0.122. The lowest BCUT2D eigenvalue weighted by Gasteiger charge is -2.21. The molecule has 1 aromatic carbocycles. The zero-order chi connectivity index (χ0) is 14.3. The van der Waals surface area contributed by atoms with Gasteiger partial charge < -0.3 is 15.8 Å². The van der Waals surface area contributed by atoms with E-state index in [-0.39, 0.29) is 30.4 Å². The van der Waals surface area contributed by atoms with Gasteiger partial charge in [-0.25, -0.2) is 0 Å². The molecule has 0 spiro atoms. The van der Waals surface area contributed by atoms with Crippen molar-refractivity contribution in [1.82, 2.24) is 5.32 Å². The quantitative estimate of drug-likeness (QED) is 0.814. The topological polar surface area (TPSA) is 64.3 Å². The summed E-state index contributed by atoms with van der Waals surface area (Å²) in [5.74, 6) is 0.811. The summed E-state index contributed by atoms with van der Waals surface area (Å²) in [6.07, 6.45) is 1.15. The summed E-state index contributed by atoms with van der Waals surface area (Å²) >= 11 is 0. The third-order valence-corrected chi connectivity index (χ3v) is 2.85. The van der Waals surface area contributed by atoms with E-state index in [0.717, 1.165) is 17.7 Å². The standard InChI is InChI=1S/C15H24N2O2.ClH/c1-4-13(17-15(18)10-11(3)16)12-8-6-7-9-14(12)19-5-2;/h6-9,11,13H,4-5,10,16H2,1-3H3,(H,17,18);1H. The van der Waals surface area contributed by atoms with E-state index in [0.29, 0.717) is 13.0 Å². The van der Waals surface area contributed by atoms with Crippen molar-refractivity contribution in [3.8, 4) is 5.75 Å². The normalized spacial score (nSPS) is 13.0. The number of amides is 1. The van der Waals surface area contributed by atoms with Crippen LogP contribution in [0.25, 0.3) is 0 Å². The van der Waals surface area contributed by atoms with E-state index >= 15 is 0 Å². The Labute approximate surface area is 127 Å². The Morgan fingerprint density at radius 2 is 2.00 bits per heavy atom. The number of ether oxygens (including phenoxy) is 1. The van der Waals surface area contributed by atoms with E-state index in [1.165, 1.54) is 0 Å². The highest BCUT2D eigenvalue weighted by Gasteiger charge is 2.17. The summed E-state index contributed by atoms with van der Waals surface area (Å²) in [6.45, 7) is 6.43. The molecular formula is C15H25ClN2O2. The first-order chi connectivity index (χ1) is 9.08. The molecule has 1 rings (SSSR count). The number of para-hydroxylation sites is 1. The number of halogens is 1. The smallest absolute Gasteiger partial charge is 0.222 e. The van der Waals surface area contributed by atoms with Crippen LogP contribution in [0.4, 0.5) is 0 Å². The molecule has 4 nitrogen and oxygen atoms in total. The molecule has 0 radical (unpaired) electrons. The number of benzene rings is 1. The first-order valence-corrected chi connectivity index (χ1v) is 6.85. The first-order valence-electron chi connectivity index (χ1n) is 6.85. The molecule has 0 fully saturated rings. The Hall–Kier alpha value is -1.26. The van der Waals surface area contributed by atoms with Crippen LogP contribution < -0.4 is 15.8 Å². The van der Waals surface area contributed by atoms with Crippen molar-refractivity contribution in [2.75, 3.05) is 6.61 Å². The Morgan fingerprint density at radius 1 is 1.35 bits per heavy atom. The van der Waals surface area contributed by atoms with E-state index in [4.69, 9.17) is 10.5 Å². The molecule has 3 N–H and O–H groups in total. The zero-order valence-electron chi connectivity index (χ0n) is 12.4. The van der Waals surface area contributed by atoms with Crippen molar-refractivity contribution in [1.29, 1.82) is 0 Å². The predicted octanol–water partition coefficient (Wildman–Crippen LogP) is 2.81. The van der Waals surface area contributed by atoms with Crippen molar-refractivity contribution in [2.24, 2.45) is 5.73 Å². The van der Waals surface area contributed by atoms with E-state index in [1.54, 1.807) is 0 Å². The minimum Gasteiger partial charge on any atom is -0.494 e. The fraction of sp³-hybridized carbons (Fsp3) is 0.533. The van der Waals surface area contributed by atoms with Gasteiger partial charge in [-0.2, -0.15) is 0 Å². The molecule has 0 saturated carbocycles. The third kappa shape index (κ3) is 5.80. The molecule has 0 heterocycles. The molecule has 0 aliphatic carbocycles. The third-order valence-electron chi connectivity index (χ3n) is 2.85. The average molecular weight is 301 g/mol. The largest absolute Gasteiger partial charge is 0.494 e.